The number of nitrogens with two attached hydrogens (primary N) is 3. The lowest BCUT2D eigenvalue weighted by Crippen LogP contribution is -2.02. The van der Waals surface area contributed by atoms with Gasteiger partial charge in [0, 0.05) is 6.54 Å². The molecule has 0 aromatic carbocycles. The first-order valence-electron chi connectivity index (χ1n) is 1.56. The van der Waals surface area contributed by atoms with Crippen LogP contribution in [-0.4, -0.2) is 23.7 Å². The molecular weight excluding hydrogens is 98.0 g/mol. The third-order valence-corrected chi connectivity index (χ3v) is 0.129. The average molecular weight is 111 g/mol. The van der Waals surface area contributed by atoms with E-state index in [4.69, 9.17) is 10.8 Å². The minimum atomic E-state index is 0. The molecule has 0 bridgehead atoms. The molecule has 0 saturated carbocycles. The van der Waals surface area contributed by atoms with Crippen molar-refractivity contribution in [3.05, 3.63) is 0 Å². The Morgan fingerprint density at radius 1 is 1.29 bits per heavy atom. The molecule has 0 atom stereocenters. The monoisotopic (exact) mass is 111 g/mol. The standard InChI is InChI=1S/C2H7NO.H4N2.H2O/c3-1-2-4;1-2;/h4H,1-3H2;1-2H2;1H2. The second-order valence-corrected chi connectivity index (χ2v) is 0.512. The molecule has 0 amide bonds. The maximum atomic E-state index is 7.75. The van der Waals surface area contributed by atoms with E-state index in [1.165, 1.54) is 0 Å². The van der Waals surface area contributed by atoms with E-state index in [1.807, 2.05) is 0 Å². The van der Waals surface area contributed by atoms with E-state index in [9.17, 15) is 0 Å². The highest BCUT2D eigenvalue weighted by molar-refractivity contribution is 4.17. The second-order valence-electron chi connectivity index (χ2n) is 0.512. The van der Waals surface area contributed by atoms with Crippen molar-refractivity contribution < 1.29 is 10.6 Å². The molecule has 0 rings (SSSR count). The van der Waals surface area contributed by atoms with Gasteiger partial charge in [0.1, 0.15) is 0 Å². The Hall–Kier alpha value is -0.200. The van der Waals surface area contributed by atoms with Crippen LogP contribution in [0.15, 0.2) is 0 Å². The van der Waals surface area contributed by atoms with Gasteiger partial charge in [0.25, 0.3) is 0 Å². The van der Waals surface area contributed by atoms with Gasteiger partial charge in [0.15, 0.2) is 0 Å². The molecule has 0 fully saturated rings. The van der Waals surface area contributed by atoms with Crippen LogP contribution < -0.4 is 17.4 Å². The maximum Gasteiger partial charge on any atom is 0.0553 e. The summed E-state index contributed by atoms with van der Waals surface area (Å²) in [7, 11) is 0. The fraction of sp³-hybridized carbons (Fsp3) is 1.00. The minimum absolute atomic E-state index is 0. The number of rotatable bonds is 1. The van der Waals surface area contributed by atoms with Crippen LogP contribution in [0.5, 0.6) is 0 Å². The van der Waals surface area contributed by atoms with Crippen LogP contribution in [0.25, 0.3) is 0 Å². The number of hydrogen-bond acceptors (Lipinski definition) is 4. The largest absolute Gasteiger partial charge is 0.412 e. The van der Waals surface area contributed by atoms with Crippen molar-refractivity contribution in [2.75, 3.05) is 13.2 Å². The molecule has 0 aliphatic carbocycles. The van der Waals surface area contributed by atoms with E-state index in [-0.39, 0.29) is 12.1 Å². The average Bonchev–Trinajstić information content (AvgIpc) is 1.72. The molecule has 0 aromatic rings. The first kappa shape index (κ1) is 15.8. The Kier molecular flexibility index (Phi) is 93.3. The molecule has 0 heterocycles. The van der Waals surface area contributed by atoms with Crippen molar-refractivity contribution in [1.82, 2.24) is 0 Å². The van der Waals surface area contributed by atoms with Gasteiger partial charge in [-0.2, -0.15) is 0 Å². The van der Waals surface area contributed by atoms with Crippen LogP contribution in [0, 0.1) is 0 Å². The van der Waals surface area contributed by atoms with Gasteiger partial charge in [-0.05, 0) is 0 Å². The Bertz CT molecular complexity index is 12.9. The number of aliphatic hydroxyl groups is 1. The highest BCUT2D eigenvalue weighted by atomic mass is 16.3. The van der Waals surface area contributed by atoms with Gasteiger partial charge < -0.3 is 16.3 Å². The van der Waals surface area contributed by atoms with Gasteiger partial charge in [-0.3, -0.25) is 11.7 Å². The molecule has 0 aliphatic rings. The highest BCUT2D eigenvalue weighted by Crippen LogP contribution is 1.33. The van der Waals surface area contributed by atoms with Crippen LogP contribution >= 0.6 is 0 Å². The molecule has 0 radical (unpaired) electrons. The molecule has 0 aromatic heterocycles. The predicted molar refractivity (Wildman–Crippen MR) is 28.1 cm³/mol. The first-order chi connectivity index (χ1) is 2.91. The van der Waals surface area contributed by atoms with Crippen molar-refractivity contribution >= 4 is 0 Å². The van der Waals surface area contributed by atoms with Gasteiger partial charge in [0.05, 0.1) is 6.61 Å². The maximum absolute atomic E-state index is 7.75. The fourth-order valence-electron chi connectivity index (χ4n) is 0. The Morgan fingerprint density at radius 2 is 1.43 bits per heavy atom. The summed E-state index contributed by atoms with van der Waals surface area (Å²) in [5.74, 6) is 8.00. The van der Waals surface area contributed by atoms with Crippen LogP contribution in [0.2, 0.25) is 0 Å². The topological polar surface area (TPSA) is 130 Å². The summed E-state index contributed by atoms with van der Waals surface area (Å²) >= 11 is 0. The van der Waals surface area contributed by atoms with E-state index in [1.54, 1.807) is 0 Å². The molecule has 0 unspecified atom stereocenters. The van der Waals surface area contributed by atoms with Crippen molar-refractivity contribution in [3.8, 4) is 0 Å². The van der Waals surface area contributed by atoms with Gasteiger partial charge in [-0.1, -0.05) is 0 Å². The lowest BCUT2D eigenvalue weighted by atomic mass is 10.8. The molecule has 9 N–H and O–H groups in total. The van der Waals surface area contributed by atoms with Gasteiger partial charge in [-0.15, -0.1) is 0 Å². The molecule has 0 aliphatic heterocycles. The molecule has 5 heteroatoms. The molecule has 0 saturated heterocycles. The zero-order chi connectivity index (χ0) is 5.41. The third-order valence-electron chi connectivity index (χ3n) is 0.129. The lowest BCUT2D eigenvalue weighted by Gasteiger charge is -1.71. The summed E-state index contributed by atoms with van der Waals surface area (Å²) in [6.45, 7) is 0.472. The minimum Gasteiger partial charge on any atom is -0.412 e. The third kappa shape index (κ3) is 131. The van der Waals surface area contributed by atoms with E-state index < -0.39 is 0 Å². The second kappa shape index (κ2) is 41.2. The van der Waals surface area contributed by atoms with Gasteiger partial charge >= 0.3 is 0 Å². The van der Waals surface area contributed by atoms with Crippen LogP contribution in [0.3, 0.4) is 0 Å². The zero-order valence-electron chi connectivity index (χ0n) is 4.09. The zero-order valence-corrected chi connectivity index (χ0v) is 4.09. The Morgan fingerprint density at radius 3 is 1.43 bits per heavy atom. The van der Waals surface area contributed by atoms with Crippen molar-refractivity contribution in [2.45, 2.75) is 0 Å². The number of aliphatic hydroxyl groups excluding tert-OH is 1. The molecule has 0 spiro atoms. The Labute approximate surface area is 42.4 Å². The van der Waals surface area contributed by atoms with Crippen LogP contribution in [0.4, 0.5) is 0 Å². The van der Waals surface area contributed by atoms with Crippen LogP contribution in [0.1, 0.15) is 0 Å². The summed E-state index contributed by atoms with van der Waals surface area (Å²) in [5, 5.41) is 7.75. The fourth-order valence-corrected chi connectivity index (χ4v) is 0. The van der Waals surface area contributed by atoms with Crippen molar-refractivity contribution in [2.24, 2.45) is 17.4 Å². The van der Waals surface area contributed by atoms with E-state index in [0.29, 0.717) is 6.54 Å². The van der Waals surface area contributed by atoms with Crippen molar-refractivity contribution in [1.29, 1.82) is 0 Å². The van der Waals surface area contributed by atoms with Gasteiger partial charge in [0.2, 0.25) is 0 Å². The van der Waals surface area contributed by atoms with Gasteiger partial charge in [-0.25, -0.2) is 0 Å². The molecule has 7 heavy (non-hydrogen) atoms. The summed E-state index contributed by atoms with van der Waals surface area (Å²) in [6, 6.07) is 0. The summed E-state index contributed by atoms with van der Waals surface area (Å²) in [4.78, 5) is 0. The normalized spacial score (nSPS) is 5.14. The van der Waals surface area contributed by atoms with Crippen molar-refractivity contribution in [3.63, 3.8) is 0 Å². The predicted octanol–water partition coefficient (Wildman–Crippen LogP) is -3.07. The number of hydrogen-bond donors (Lipinski definition) is 4. The highest BCUT2D eigenvalue weighted by Gasteiger charge is 1.56. The molecule has 5 nitrogen and oxygen atoms in total. The van der Waals surface area contributed by atoms with E-state index in [0.717, 1.165) is 0 Å². The van der Waals surface area contributed by atoms with E-state index in [2.05, 4.69) is 11.7 Å². The summed E-state index contributed by atoms with van der Waals surface area (Å²) < 4.78 is 0. The van der Waals surface area contributed by atoms with E-state index >= 15 is 0 Å². The lowest BCUT2D eigenvalue weighted by molar-refractivity contribution is 0.306. The van der Waals surface area contributed by atoms with Crippen LogP contribution in [-0.2, 0) is 0 Å². The summed E-state index contributed by atoms with van der Waals surface area (Å²) in [5.41, 5.74) is 4.78. The molecule has 48 valence electrons. The number of hydrazine groups is 1. The smallest absolute Gasteiger partial charge is 0.0553 e. The SMILES string of the molecule is NCCO.NN.O. The Balaban J connectivity index is -0.0000000480. The quantitative estimate of drug-likeness (QED) is 0.211. The molecular formula is C2H13N3O2. The first-order valence-corrected chi connectivity index (χ1v) is 1.56. The summed E-state index contributed by atoms with van der Waals surface area (Å²) in [6.07, 6.45) is 0.